The number of carbonyl (C=O) groups is 1. The first-order valence-electron chi connectivity index (χ1n) is 8.37. The van der Waals surface area contributed by atoms with Gasteiger partial charge in [0.2, 0.25) is 0 Å². The van der Waals surface area contributed by atoms with Crippen molar-refractivity contribution in [3.63, 3.8) is 0 Å². The minimum atomic E-state index is -0.156. The summed E-state index contributed by atoms with van der Waals surface area (Å²) in [5.41, 5.74) is 0.558. The van der Waals surface area contributed by atoms with Crippen molar-refractivity contribution in [2.75, 3.05) is 36.4 Å². The molecule has 0 unspecified atom stereocenters. The van der Waals surface area contributed by atoms with Crippen LogP contribution in [-0.2, 0) is 4.79 Å². The maximum absolute atomic E-state index is 12.6. The highest BCUT2D eigenvalue weighted by molar-refractivity contribution is 6.44. The van der Waals surface area contributed by atoms with E-state index in [4.69, 9.17) is 23.2 Å². The number of aromatic amines is 1. The molecule has 1 aliphatic rings. The Labute approximate surface area is 157 Å². The van der Waals surface area contributed by atoms with Crippen LogP contribution in [-0.4, -0.2) is 38.1 Å². The third-order valence-electron chi connectivity index (χ3n) is 4.65. The van der Waals surface area contributed by atoms with Crippen LogP contribution in [0.1, 0.15) is 6.92 Å². The van der Waals surface area contributed by atoms with Crippen molar-refractivity contribution in [1.82, 2.24) is 0 Å². The van der Waals surface area contributed by atoms with Crippen LogP contribution in [0.15, 0.2) is 42.6 Å². The van der Waals surface area contributed by atoms with Crippen LogP contribution in [0.5, 0.6) is 0 Å². The number of amides is 1. The Bertz CT molecular complexity index is 733. The van der Waals surface area contributed by atoms with Crippen molar-refractivity contribution in [3.8, 4) is 0 Å². The number of nitrogens with one attached hydrogen (secondary N) is 3. The van der Waals surface area contributed by atoms with E-state index in [0.717, 1.165) is 32.0 Å². The lowest BCUT2D eigenvalue weighted by Gasteiger charge is -2.31. The van der Waals surface area contributed by atoms with Crippen LogP contribution in [0.3, 0.4) is 0 Å². The smallest absolute Gasteiger partial charge is 0.282 e. The highest BCUT2D eigenvalue weighted by Gasteiger charge is 2.32. The van der Waals surface area contributed by atoms with E-state index >= 15 is 0 Å². The number of quaternary nitrogens is 1. The fourth-order valence-electron chi connectivity index (χ4n) is 3.08. The van der Waals surface area contributed by atoms with E-state index in [0.29, 0.717) is 15.7 Å². The number of piperazine rings is 1. The van der Waals surface area contributed by atoms with E-state index < -0.39 is 0 Å². The van der Waals surface area contributed by atoms with Crippen molar-refractivity contribution in [3.05, 3.63) is 52.6 Å². The molecule has 2 heterocycles. The molecule has 132 valence electrons. The van der Waals surface area contributed by atoms with Crippen molar-refractivity contribution in [2.45, 2.75) is 13.0 Å². The van der Waals surface area contributed by atoms with E-state index in [1.54, 1.807) is 18.2 Å². The fraction of sp³-hybridized carbons (Fsp3) is 0.333. The number of halogens is 2. The fourth-order valence-corrected chi connectivity index (χ4v) is 3.42. The number of rotatable bonds is 4. The predicted molar refractivity (Wildman–Crippen MR) is 100 cm³/mol. The second kappa shape index (κ2) is 8.04. The van der Waals surface area contributed by atoms with Crippen molar-refractivity contribution >= 4 is 40.6 Å². The summed E-state index contributed by atoms with van der Waals surface area (Å²) in [4.78, 5) is 19.4. The molecular weight excluding hydrogens is 359 g/mol. The summed E-state index contributed by atoms with van der Waals surface area (Å²) in [5.74, 6) is 1.07. The Morgan fingerprint density at radius 3 is 2.64 bits per heavy atom. The number of hydrogen-bond acceptors (Lipinski definition) is 2. The molecule has 0 saturated carbocycles. The molecule has 0 aliphatic carbocycles. The second-order valence-corrected chi connectivity index (χ2v) is 6.99. The van der Waals surface area contributed by atoms with Gasteiger partial charge in [-0.15, -0.1) is 0 Å². The van der Waals surface area contributed by atoms with Crippen molar-refractivity contribution < 1.29 is 14.7 Å². The summed E-state index contributed by atoms with van der Waals surface area (Å²) in [5, 5.41) is 3.71. The van der Waals surface area contributed by atoms with E-state index in [9.17, 15) is 4.79 Å². The molecule has 1 saturated heterocycles. The van der Waals surface area contributed by atoms with Gasteiger partial charge in [-0.3, -0.25) is 9.69 Å². The lowest BCUT2D eigenvalue weighted by molar-refractivity contribution is -0.914. The molecule has 3 N–H and O–H groups in total. The average molecular weight is 381 g/mol. The van der Waals surface area contributed by atoms with Gasteiger partial charge >= 0.3 is 0 Å². The molecule has 25 heavy (non-hydrogen) atoms. The SMILES string of the molecule is C[C@H](C(=O)Nc1cccc(Cl)c1Cl)[NH+]1CCN(c2cccc[nH+]2)CC1. The lowest BCUT2D eigenvalue weighted by atomic mass is 10.2. The lowest BCUT2D eigenvalue weighted by Crippen LogP contribution is -3.19. The number of benzene rings is 1. The van der Waals surface area contributed by atoms with Crippen LogP contribution >= 0.6 is 23.2 Å². The highest BCUT2D eigenvalue weighted by Crippen LogP contribution is 2.29. The van der Waals surface area contributed by atoms with Crippen LogP contribution in [0.4, 0.5) is 11.5 Å². The zero-order valence-electron chi connectivity index (χ0n) is 14.1. The van der Waals surface area contributed by atoms with Gasteiger partial charge in [0.05, 0.1) is 21.9 Å². The number of hydrogen-bond donors (Lipinski definition) is 2. The van der Waals surface area contributed by atoms with Crippen LogP contribution in [0.25, 0.3) is 0 Å². The van der Waals surface area contributed by atoms with Gasteiger partial charge in [-0.05, 0) is 25.1 Å². The Morgan fingerprint density at radius 2 is 1.96 bits per heavy atom. The second-order valence-electron chi connectivity index (χ2n) is 6.21. The molecule has 2 aromatic rings. The number of anilines is 2. The van der Waals surface area contributed by atoms with Crippen LogP contribution in [0.2, 0.25) is 10.0 Å². The maximum atomic E-state index is 12.6. The molecule has 0 bridgehead atoms. The molecule has 5 nitrogen and oxygen atoms in total. The zero-order chi connectivity index (χ0) is 17.8. The zero-order valence-corrected chi connectivity index (χ0v) is 15.6. The molecule has 0 radical (unpaired) electrons. The average Bonchev–Trinajstić information content (AvgIpc) is 2.65. The number of aromatic nitrogens is 1. The first-order chi connectivity index (χ1) is 12.1. The molecule has 1 fully saturated rings. The summed E-state index contributed by atoms with van der Waals surface area (Å²) in [6.45, 7) is 5.57. The van der Waals surface area contributed by atoms with Gasteiger partial charge in [0.1, 0.15) is 26.2 Å². The summed E-state index contributed by atoms with van der Waals surface area (Å²) >= 11 is 12.2. The minimum Gasteiger partial charge on any atom is -0.320 e. The largest absolute Gasteiger partial charge is 0.320 e. The van der Waals surface area contributed by atoms with Gasteiger partial charge in [-0.1, -0.05) is 35.3 Å². The molecular formula is C18H22Cl2N4O+2. The van der Waals surface area contributed by atoms with Crippen molar-refractivity contribution in [2.24, 2.45) is 0 Å². The van der Waals surface area contributed by atoms with E-state index in [-0.39, 0.29) is 11.9 Å². The molecule has 3 rings (SSSR count). The summed E-state index contributed by atoms with van der Waals surface area (Å²) in [6, 6.07) is 11.1. The van der Waals surface area contributed by atoms with Gasteiger partial charge in [0, 0.05) is 6.07 Å². The normalized spacial score (nSPS) is 16.5. The standard InChI is InChI=1S/C18H20Cl2N4O/c1-13(18(25)22-15-6-4-5-14(19)17(15)20)23-9-11-24(12-10-23)16-7-2-3-8-21-16/h2-8,13H,9-12H2,1H3,(H,22,25)/p+2/t13-/m1/s1. The van der Waals surface area contributed by atoms with E-state index in [2.05, 4.69) is 21.3 Å². The summed E-state index contributed by atoms with van der Waals surface area (Å²) < 4.78 is 0. The van der Waals surface area contributed by atoms with Crippen LogP contribution in [0, 0.1) is 0 Å². The minimum absolute atomic E-state index is 0.0427. The van der Waals surface area contributed by atoms with Gasteiger partial charge in [0.15, 0.2) is 6.04 Å². The van der Waals surface area contributed by atoms with E-state index in [1.165, 1.54) is 4.90 Å². The molecule has 0 spiro atoms. The molecule has 1 atom stereocenters. The Hall–Kier alpha value is -1.82. The monoisotopic (exact) mass is 380 g/mol. The quantitative estimate of drug-likeness (QED) is 0.844. The number of carbonyl (C=O) groups excluding carboxylic acids is 1. The third-order valence-corrected chi connectivity index (χ3v) is 5.47. The van der Waals surface area contributed by atoms with Crippen molar-refractivity contribution in [1.29, 1.82) is 0 Å². The Morgan fingerprint density at radius 1 is 1.20 bits per heavy atom. The van der Waals surface area contributed by atoms with Gasteiger partial charge in [-0.25, -0.2) is 4.98 Å². The van der Waals surface area contributed by atoms with Gasteiger partial charge in [0.25, 0.3) is 11.7 Å². The molecule has 1 aromatic carbocycles. The molecule has 1 aromatic heterocycles. The number of nitrogens with zero attached hydrogens (tertiary/aromatic N) is 1. The number of H-pyrrole nitrogens is 1. The topological polar surface area (TPSA) is 50.9 Å². The predicted octanol–water partition coefficient (Wildman–Crippen LogP) is 1.54. The Kier molecular flexibility index (Phi) is 5.78. The Balaban J connectivity index is 1.58. The van der Waals surface area contributed by atoms with Gasteiger partial charge in [-0.2, -0.15) is 0 Å². The van der Waals surface area contributed by atoms with Gasteiger partial charge < -0.3 is 10.2 Å². The van der Waals surface area contributed by atoms with E-state index in [1.807, 2.05) is 25.3 Å². The molecule has 7 heteroatoms. The first kappa shape index (κ1) is 18.0. The summed E-state index contributed by atoms with van der Waals surface area (Å²) in [6.07, 6.45) is 1.93. The highest BCUT2D eigenvalue weighted by atomic mass is 35.5. The van der Waals surface area contributed by atoms with Crippen LogP contribution < -0.4 is 20.1 Å². The third kappa shape index (κ3) is 4.24. The molecule has 1 amide bonds. The summed E-state index contributed by atoms with van der Waals surface area (Å²) in [7, 11) is 0. The molecule has 1 aliphatic heterocycles. The maximum Gasteiger partial charge on any atom is 0.282 e. The first-order valence-corrected chi connectivity index (χ1v) is 9.13. The number of pyridine rings is 1.